The second-order valence-electron chi connectivity index (χ2n) is 6.19. The van der Waals surface area contributed by atoms with Crippen molar-refractivity contribution in [1.82, 2.24) is 19.7 Å². The summed E-state index contributed by atoms with van der Waals surface area (Å²) in [5.41, 5.74) is 2.79. The van der Waals surface area contributed by atoms with Gasteiger partial charge in [0, 0.05) is 31.8 Å². The number of benzene rings is 1. The number of nitrogens with zero attached hydrogens (tertiary/aromatic N) is 4. The van der Waals surface area contributed by atoms with Crippen molar-refractivity contribution in [2.45, 2.75) is 19.0 Å². The van der Waals surface area contributed by atoms with Crippen LogP contribution in [0.5, 0.6) is 0 Å². The maximum absolute atomic E-state index is 13.0. The molecule has 2 aromatic heterocycles. The molecule has 0 fully saturated rings. The summed E-state index contributed by atoms with van der Waals surface area (Å²) in [5, 5.41) is 14.4. The van der Waals surface area contributed by atoms with Crippen LogP contribution in [-0.4, -0.2) is 42.7 Å². The quantitative estimate of drug-likeness (QED) is 0.766. The van der Waals surface area contributed by atoms with Gasteiger partial charge in [-0.3, -0.25) is 9.48 Å². The van der Waals surface area contributed by atoms with Crippen LogP contribution < -0.4 is 0 Å². The predicted octanol–water partition coefficient (Wildman–Crippen LogP) is 2.20. The molecule has 0 saturated heterocycles. The standard InChI is InChI=1S/C18H16N4O3S/c1-21-9-13(7-20-21)16-19-8-15(26-16)17(23)22-10-12-5-3-2-4-11(12)6-14(22)18(24)25/h2-5,7-9,14H,6,10H2,1H3,(H,24,25)/t14-/m0/s1. The van der Waals surface area contributed by atoms with Gasteiger partial charge in [-0.05, 0) is 11.1 Å². The molecule has 0 aliphatic carbocycles. The topological polar surface area (TPSA) is 88.3 Å². The smallest absolute Gasteiger partial charge is 0.326 e. The number of hydrogen-bond donors (Lipinski definition) is 1. The Hall–Kier alpha value is -3.00. The van der Waals surface area contributed by atoms with Crippen LogP contribution >= 0.6 is 11.3 Å². The van der Waals surface area contributed by atoms with Crippen LogP contribution in [0, 0.1) is 0 Å². The van der Waals surface area contributed by atoms with Gasteiger partial charge in [0.25, 0.3) is 5.91 Å². The normalized spacial score (nSPS) is 16.3. The first-order valence-electron chi connectivity index (χ1n) is 8.08. The molecule has 4 rings (SSSR count). The van der Waals surface area contributed by atoms with E-state index in [1.807, 2.05) is 37.5 Å². The minimum absolute atomic E-state index is 0.284. The number of fused-ring (bicyclic) bond motifs is 1. The van der Waals surface area contributed by atoms with E-state index in [1.165, 1.54) is 22.4 Å². The molecule has 0 saturated carbocycles. The average molecular weight is 368 g/mol. The van der Waals surface area contributed by atoms with E-state index in [2.05, 4.69) is 10.1 Å². The van der Waals surface area contributed by atoms with E-state index in [1.54, 1.807) is 10.9 Å². The monoisotopic (exact) mass is 368 g/mol. The third kappa shape index (κ3) is 2.88. The first kappa shape index (κ1) is 16.5. The van der Waals surface area contributed by atoms with Crippen molar-refractivity contribution < 1.29 is 14.7 Å². The predicted molar refractivity (Wildman–Crippen MR) is 95.8 cm³/mol. The summed E-state index contributed by atoms with van der Waals surface area (Å²) in [6, 6.07) is 6.76. The summed E-state index contributed by atoms with van der Waals surface area (Å²) in [7, 11) is 1.81. The van der Waals surface area contributed by atoms with E-state index in [0.29, 0.717) is 16.3 Å². The van der Waals surface area contributed by atoms with Crippen molar-refractivity contribution in [2.75, 3.05) is 0 Å². The molecule has 132 valence electrons. The number of aliphatic carboxylic acids is 1. The number of thiazole rings is 1. The first-order chi connectivity index (χ1) is 12.5. The molecule has 1 aromatic carbocycles. The van der Waals surface area contributed by atoms with Crippen LogP contribution in [-0.2, 0) is 24.8 Å². The molecule has 1 N–H and O–H groups in total. The van der Waals surface area contributed by atoms with Crippen molar-refractivity contribution in [2.24, 2.45) is 7.05 Å². The molecule has 3 aromatic rings. The van der Waals surface area contributed by atoms with E-state index in [4.69, 9.17) is 0 Å². The molecule has 7 nitrogen and oxygen atoms in total. The minimum atomic E-state index is -0.996. The van der Waals surface area contributed by atoms with Crippen molar-refractivity contribution in [1.29, 1.82) is 0 Å². The summed E-state index contributed by atoms with van der Waals surface area (Å²) in [4.78, 5) is 30.9. The van der Waals surface area contributed by atoms with E-state index < -0.39 is 12.0 Å². The Morgan fingerprint density at radius 3 is 2.69 bits per heavy atom. The maximum atomic E-state index is 13.0. The highest BCUT2D eigenvalue weighted by Crippen LogP contribution is 2.29. The second-order valence-corrected chi connectivity index (χ2v) is 7.22. The van der Waals surface area contributed by atoms with Crippen molar-refractivity contribution >= 4 is 23.2 Å². The lowest BCUT2D eigenvalue weighted by Crippen LogP contribution is -2.48. The highest BCUT2D eigenvalue weighted by atomic mass is 32.1. The lowest BCUT2D eigenvalue weighted by atomic mass is 9.94. The van der Waals surface area contributed by atoms with Gasteiger partial charge < -0.3 is 10.0 Å². The van der Waals surface area contributed by atoms with Crippen LogP contribution in [0.4, 0.5) is 0 Å². The van der Waals surface area contributed by atoms with Crippen LogP contribution in [0.25, 0.3) is 10.6 Å². The summed E-state index contributed by atoms with van der Waals surface area (Å²) in [6.45, 7) is 0.284. The molecular weight excluding hydrogens is 352 g/mol. The molecule has 3 heterocycles. The summed E-state index contributed by atoms with van der Waals surface area (Å²) < 4.78 is 1.67. The van der Waals surface area contributed by atoms with Crippen molar-refractivity contribution in [3.8, 4) is 10.6 Å². The number of carbonyl (C=O) groups excluding carboxylic acids is 1. The largest absolute Gasteiger partial charge is 0.480 e. The van der Waals surface area contributed by atoms with Gasteiger partial charge in [-0.1, -0.05) is 24.3 Å². The van der Waals surface area contributed by atoms with Crippen LogP contribution in [0.3, 0.4) is 0 Å². The Morgan fingerprint density at radius 1 is 1.23 bits per heavy atom. The molecule has 26 heavy (non-hydrogen) atoms. The third-order valence-electron chi connectivity index (χ3n) is 4.46. The second kappa shape index (κ2) is 6.38. The van der Waals surface area contributed by atoms with Gasteiger partial charge in [0.1, 0.15) is 15.9 Å². The number of carbonyl (C=O) groups is 2. The zero-order valence-electron chi connectivity index (χ0n) is 14.0. The van der Waals surface area contributed by atoms with Gasteiger partial charge in [-0.2, -0.15) is 5.10 Å². The SMILES string of the molecule is Cn1cc(-c2ncc(C(=O)N3Cc4ccccc4C[C@H]3C(=O)O)s2)cn1. The van der Waals surface area contributed by atoms with Gasteiger partial charge in [0.2, 0.25) is 0 Å². The zero-order valence-corrected chi connectivity index (χ0v) is 14.8. The fourth-order valence-electron chi connectivity index (χ4n) is 3.14. The Morgan fingerprint density at radius 2 is 2.00 bits per heavy atom. The lowest BCUT2D eigenvalue weighted by molar-refractivity contribution is -0.142. The molecule has 0 spiro atoms. The molecule has 0 radical (unpaired) electrons. The number of amides is 1. The van der Waals surface area contributed by atoms with E-state index in [-0.39, 0.29) is 12.5 Å². The number of aromatic nitrogens is 3. The van der Waals surface area contributed by atoms with E-state index in [0.717, 1.165) is 16.7 Å². The number of aryl methyl sites for hydroxylation is 1. The third-order valence-corrected chi connectivity index (χ3v) is 5.50. The Labute approximate surface area is 153 Å². The van der Waals surface area contributed by atoms with Gasteiger partial charge in [-0.25, -0.2) is 9.78 Å². The minimum Gasteiger partial charge on any atom is -0.480 e. The molecule has 0 unspecified atom stereocenters. The van der Waals surface area contributed by atoms with Gasteiger partial charge in [0.05, 0.1) is 12.4 Å². The highest BCUT2D eigenvalue weighted by Gasteiger charge is 2.35. The summed E-state index contributed by atoms with van der Waals surface area (Å²) >= 11 is 1.25. The van der Waals surface area contributed by atoms with Crippen molar-refractivity contribution in [3.63, 3.8) is 0 Å². The van der Waals surface area contributed by atoms with E-state index >= 15 is 0 Å². The maximum Gasteiger partial charge on any atom is 0.326 e. The van der Waals surface area contributed by atoms with Crippen molar-refractivity contribution in [3.05, 3.63) is 58.9 Å². The lowest BCUT2D eigenvalue weighted by Gasteiger charge is -2.34. The van der Waals surface area contributed by atoms with Gasteiger partial charge in [0.15, 0.2) is 0 Å². The molecular formula is C18H16N4O3S. The first-order valence-corrected chi connectivity index (χ1v) is 8.90. The average Bonchev–Trinajstić information content (AvgIpc) is 3.29. The zero-order chi connectivity index (χ0) is 18.3. The van der Waals surface area contributed by atoms with E-state index in [9.17, 15) is 14.7 Å². The number of hydrogen-bond acceptors (Lipinski definition) is 5. The highest BCUT2D eigenvalue weighted by molar-refractivity contribution is 7.16. The van der Waals surface area contributed by atoms with Crippen LogP contribution in [0.2, 0.25) is 0 Å². The Bertz CT molecular complexity index is 994. The fraction of sp³-hybridized carbons (Fsp3) is 0.222. The summed E-state index contributed by atoms with van der Waals surface area (Å²) in [6.07, 6.45) is 5.33. The Balaban J connectivity index is 1.64. The number of carboxylic acid groups (broad SMARTS) is 1. The number of rotatable bonds is 3. The molecule has 1 atom stereocenters. The molecule has 1 aliphatic rings. The summed E-state index contributed by atoms with van der Waals surface area (Å²) in [5.74, 6) is -1.30. The number of carboxylic acids is 1. The van der Waals surface area contributed by atoms with Crippen LogP contribution in [0.15, 0.2) is 42.9 Å². The molecule has 1 amide bonds. The molecule has 0 bridgehead atoms. The van der Waals surface area contributed by atoms with Crippen LogP contribution in [0.1, 0.15) is 20.8 Å². The Kier molecular flexibility index (Phi) is 4.04. The fourth-order valence-corrected chi connectivity index (χ4v) is 3.98. The van der Waals surface area contributed by atoms with Gasteiger partial charge in [-0.15, -0.1) is 11.3 Å². The molecule has 8 heteroatoms. The molecule has 1 aliphatic heterocycles. The van der Waals surface area contributed by atoms with Gasteiger partial charge >= 0.3 is 5.97 Å².